The molecule has 1 N–H and O–H groups in total. The summed E-state index contributed by atoms with van der Waals surface area (Å²) in [5, 5.41) is 2.58. The SMILES string of the molecule is COc1cc(/C=C/C(=O)OCC(=O)NCc2ccco2)cc(OC)c1OC. The lowest BCUT2D eigenvalue weighted by molar-refractivity contribution is -0.143. The molecule has 0 fully saturated rings. The van der Waals surface area contributed by atoms with Crippen molar-refractivity contribution in [2.75, 3.05) is 27.9 Å². The molecule has 0 spiro atoms. The summed E-state index contributed by atoms with van der Waals surface area (Å²) >= 11 is 0. The number of ether oxygens (including phenoxy) is 4. The highest BCUT2D eigenvalue weighted by Crippen LogP contribution is 2.38. The number of benzene rings is 1. The van der Waals surface area contributed by atoms with Crippen molar-refractivity contribution in [3.05, 3.63) is 47.9 Å². The van der Waals surface area contributed by atoms with Gasteiger partial charge in [0.25, 0.3) is 5.91 Å². The minimum atomic E-state index is -0.656. The molecule has 1 aromatic heterocycles. The second-order valence-corrected chi connectivity index (χ2v) is 5.26. The zero-order chi connectivity index (χ0) is 19.6. The molecule has 0 saturated heterocycles. The molecule has 0 unspecified atom stereocenters. The van der Waals surface area contributed by atoms with Crippen LogP contribution in [0.1, 0.15) is 11.3 Å². The van der Waals surface area contributed by atoms with Crippen molar-refractivity contribution in [1.82, 2.24) is 5.32 Å². The lowest BCUT2D eigenvalue weighted by Gasteiger charge is -2.12. The Bertz CT molecular complexity index is 771. The number of carbonyl (C=O) groups is 2. The Hall–Kier alpha value is -3.42. The van der Waals surface area contributed by atoms with Crippen molar-refractivity contribution in [3.63, 3.8) is 0 Å². The van der Waals surface area contributed by atoms with Gasteiger partial charge >= 0.3 is 5.97 Å². The number of methoxy groups -OCH3 is 3. The van der Waals surface area contributed by atoms with Crippen molar-refractivity contribution in [2.24, 2.45) is 0 Å². The van der Waals surface area contributed by atoms with Gasteiger partial charge in [0.1, 0.15) is 5.76 Å². The van der Waals surface area contributed by atoms with Gasteiger partial charge in [-0.1, -0.05) is 0 Å². The van der Waals surface area contributed by atoms with Crippen LogP contribution in [0, 0.1) is 0 Å². The number of rotatable bonds is 9. The molecule has 0 aliphatic carbocycles. The second-order valence-electron chi connectivity index (χ2n) is 5.26. The van der Waals surface area contributed by atoms with Crippen LogP contribution < -0.4 is 19.5 Å². The van der Waals surface area contributed by atoms with Crippen LogP contribution in [0.3, 0.4) is 0 Å². The van der Waals surface area contributed by atoms with E-state index in [2.05, 4.69) is 5.32 Å². The lowest BCUT2D eigenvalue weighted by atomic mass is 10.1. The third-order valence-corrected chi connectivity index (χ3v) is 3.48. The second kappa shape index (κ2) is 9.91. The molecule has 144 valence electrons. The van der Waals surface area contributed by atoms with Crippen LogP contribution in [-0.2, 0) is 20.9 Å². The maximum absolute atomic E-state index is 11.8. The van der Waals surface area contributed by atoms with Crippen LogP contribution in [0.25, 0.3) is 6.08 Å². The number of esters is 1. The fourth-order valence-electron chi connectivity index (χ4n) is 2.20. The van der Waals surface area contributed by atoms with Crippen LogP contribution >= 0.6 is 0 Å². The molecule has 8 heteroatoms. The average Bonchev–Trinajstić information content (AvgIpc) is 3.21. The number of hydrogen-bond donors (Lipinski definition) is 1. The van der Waals surface area contributed by atoms with Gasteiger partial charge in [0.15, 0.2) is 18.1 Å². The molecule has 27 heavy (non-hydrogen) atoms. The summed E-state index contributed by atoms with van der Waals surface area (Å²) in [5.74, 6) is 0.895. The largest absolute Gasteiger partial charge is 0.493 e. The van der Waals surface area contributed by atoms with Gasteiger partial charge in [0.05, 0.1) is 34.1 Å². The van der Waals surface area contributed by atoms with Gasteiger partial charge in [0, 0.05) is 6.08 Å². The van der Waals surface area contributed by atoms with E-state index in [1.807, 2.05) is 0 Å². The van der Waals surface area contributed by atoms with Crippen molar-refractivity contribution in [1.29, 1.82) is 0 Å². The number of amides is 1. The molecule has 2 rings (SSSR count). The van der Waals surface area contributed by atoms with Crippen LogP contribution in [0.5, 0.6) is 17.2 Å². The fourth-order valence-corrected chi connectivity index (χ4v) is 2.20. The van der Waals surface area contributed by atoms with Gasteiger partial charge in [0.2, 0.25) is 5.75 Å². The smallest absolute Gasteiger partial charge is 0.331 e. The number of hydrogen-bond acceptors (Lipinski definition) is 7. The van der Waals surface area contributed by atoms with E-state index in [-0.39, 0.29) is 13.2 Å². The van der Waals surface area contributed by atoms with E-state index in [0.717, 1.165) is 0 Å². The summed E-state index contributed by atoms with van der Waals surface area (Å²) in [4.78, 5) is 23.4. The fraction of sp³-hybridized carbons (Fsp3) is 0.263. The Morgan fingerprint density at radius 3 is 2.37 bits per heavy atom. The lowest BCUT2D eigenvalue weighted by Crippen LogP contribution is -2.27. The quantitative estimate of drug-likeness (QED) is 0.530. The van der Waals surface area contributed by atoms with Gasteiger partial charge in [-0.3, -0.25) is 4.79 Å². The highest BCUT2D eigenvalue weighted by Gasteiger charge is 2.12. The summed E-state index contributed by atoms with van der Waals surface area (Å²) in [7, 11) is 4.50. The Kier molecular flexibility index (Phi) is 7.30. The zero-order valence-corrected chi connectivity index (χ0v) is 15.3. The van der Waals surface area contributed by atoms with Crippen LogP contribution in [-0.4, -0.2) is 39.8 Å². The van der Waals surface area contributed by atoms with Crippen LogP contribution in [0.4, 0.5) is 0 Å². The summed E-state index contributed by atoms with van der Waals surface area (Å²) < 4.78 is 25.7. The molecule has 0 aliphatic rings. The highest BCUT2D eigenvalue weighted by molar-refractivity contribution is 5.89. The maximum atomic E-state index is 11.8. The Morgan fingerprint density at radius 1 is 1.11 bits per heavy atom. The maximum Gasteiger partial charge on any atom is 0.331 e. The van der Waals surface area contributed by atoms with E-state index in [1.54, 1.807) is 24.3 Å². The Morgan fingerprint density at radius 2 is 1.81 bits per heavy atom. The molecule has 1 amide bonds. The average molecular weight is 375 g/mol. The molecule has 0 bridgehead atoms. The first-order chi connectivity index (χ1) is 13.1. The summed E-state index contributed by atoms with van der Waals surface area (Å²) in [6.07, 6.45) is 4.24. The van der Waals surface area contributed by atoms with Crippen LogP contribution in [0.2, 0.25) is 0 Å². The Balaban J connectivity index is 1.89. The van der Waals surface area contributed by atoms with E-state index < -0.39 is 11.9 Å². The molecule has 0 atom stereocenters. The molecular formula is C19H21NO7. The van der Waals surface area contributed by atoms with Crippen molar-refractivity contribution >= 4 is 18.0 Å². The van der Waals surface area contributed by atoms with E-state index in [4.69, 9.17) is 23.4 Å². The first kappa shape index (κ1) is 19.9. The standard InChI is InChI=1S/C19H21NO7/c1-23-15-9-13(10-16(24-2)19(15)25-3)6-7-18(22)27-12-17(21)20-11-14-5-4-8-26-14/h4-10H,11-12H2,1-3H3,(H,20,21)/b7-6+. The van der Waals surface area contributed by atoms with Gasteiger partial charge < -0.3 is 28.7 Å². The summed E-state index contributed by atoms with van der Waals surface area (Å²) in [6.45, 7) is -0.163. The molecule has 0 saturated carbocycles. The van der Waals surface area contributed by atoms with Crippen molar-refractivity contribution in [2.45, 2.75) is 6.54 Å². The van der Waals surface area contributed by atoms with E-state index in [9.17, 15) is 9.59 Å². The normalized spacial score (nSPS) is 10.5. The van der Waals surface area contributed by atoms with Gasteiger partial charge in [-0.05, 0) is 35.9 Å². The van der Waals surface area contributed by atoms with Crippen LogP contribution in [0.15, 0.2) is 41.0 Å². The first-order valence-corrected chi connectivity index (χ1v) is 8.01. The number of carbonyl (C=O) groups excluding carboxylic acids is 2. The molecule has 2 aromatic rings. The minimum absolute atomic E-state index is 0.227. The van der Waals surface area contributed by atoms with E-state index in [1.165, 1.54) is 39.7 Å². The van der Waals surface area contributed by atoms with Gasteiger partial charge in [-0.25, -0.2) is 4.79 Å². The predicted octanol–water partition coefficient (Wildman–Crippen LogP) is 2.18. The molecule has 0 radical (unpaired) electrons. The predicted molar refractivity (Wildman–Crippen MR) is 96.6 cm³/mol. The Labute approximate surface area is 156 Å². The third kappa shape index (κ3) is 5.81. The first-order valence-electron chi connectivity index (χ1n) is 8.01. The van der Waals surface area contributed by atoms with E-state index >= 15 is 0 Å². The minimum Gasteiger partial charge on any atom is -0.493 e. The third-order valence-electron chi connectivity index (χ3n) is 3.48. The van der Waals surface area contributed by atoms with E-state index in [0.29, 0.717) is 28.6 Å². The number of nitrogens with one attached hydrogen (secondary N) is 1. The molecule has 1 heterocycles. The molecular weight excluding hydrogens is 354 g/mol. The molecule has 1 aromatic carbocycles. The zero-order valence-electron chi connectivity index (χ0n) is 15.3. The van der Waals surface area contributed by atoms with Crippen molar-refractivity contribution in [3.8, 4) is 17.2 Å². The number of furan rings is 1. The molecule has 0 aliphatic heterocycles. The van der Waals surface area contributed by atoms with Crippen molar-refractivity contribution < 1.29 is 33.0 Å². The van der Waals surface area contributed by atoms with Gasteiger partial charge in [-0.2, -0.15) is 0 Å². The topological polar surface area (TPSA) is 96.2 Å². The van der Waals surface area contributed by atoms with Gasteiger partial charge in [-0.15, -0.1) is 0 Å². The highest BCUT2D eigenvalue weighted by atomic mass is 16.5. The molecule has 8 nitrogen and oxygen atoms in total. The summed E-state index contributed by atoms with van der Waals surface area (Å²) in [5.41, 5.74) is 0.642. The monoisotopic (exact) mass is 375 g/mol. The summed E-state index contributed by atoms with van der Waals surface area (Å²) in [6, 6.07) is 6.81.